The summed E-state index contributed by atoms with van der Waals surface area (Å²) in [5.41, 5.74) is 0. The number of carboxylic acid groups (broad SMARTS) is 1. The summed E-state index contributed by atoms with van der Waals surface area (Å²) < 4.78 is 4.95. The average molecular weight is 200 g/mol. The molecular weight excluding hydrogens is 184 g/mol. The maximum absolute atomic E-state index is 10.4. The predicted octanol–water partition coefficient (Wildman–Crippen LogP) is 0.212. The van der Waals surface area contributed by atoms with Crippen LogP contribution < -0.4 is 0 Å². The van der Waals surface area contributed by atoms with Crippen LogP contribution in [0.25, 0.3) is 0 Å². The number of ether oxygens (including phenoxy) is 1. The molecule has 5 heteroatoms. The first-order valence-corrected chi connectivity index (χ1v) is 4.73. The highest BCUT2D eigenvalue weighted by Gasteiger charge is 2.16. The van der Waals surface area contributed by atoms with Crippen LogP contribution in [-0.2, 0) is 9.53 Å². The molecule has 1 aliphatic heterocycles. The van der Waals surface area contributed by atoms with E-state index in [0.29, 0.717) is 13.2 Å². The molecule has 0 aromatic heterocycles. The molecule has 0 unspecified atom stereocenters. The van der Waals surface area contributed by atoms with Gasteiger partial charge in [-0.3, -0.25) is 9.79 Å². The Balaban J connectivity index is 2.30. The highest BCUT2D eigenvalue weighted by molar-refractivity contribution is 5.84. The summed E-state index contributed by atoms with van der Waals surface area (Å²) in [4.78, 5) is 16.7. The minimum Gasteiger partial charge on any atom is -0.481 e. The molecule has 0 bridgehead atoms. The number of methoxy groups -OCH3 is 1. The maximum Gasteiger partial charge on any atom is 0.305 e. The van der Waals surface area contributed by atoms with E-state index in [0.717, 1.165) is 25.3 Å². The van der Waals surface area contributed by atoms with E-state index in [1.54, 1.807) is 7.11 Å². The van der Waals surface area contributed by atoms with Crippen molar-refractivity contribution in [1.82, 2.24) is 4.90 Å². The molecule has 0 saturated heterocycles. The zero-order valence-corrected chi connectivity index (χ0v) is 8.40. The number of hydrogen-bond acceptors (Lipinski definition) is 4. The second-order valence-electron chi connectivity index (χ2n) is 3.17. The third-order valence-electron chi connectivity index (χ3n) is 2.15. The number of aliphatic carboxylic acids is 1. The summed E-state index contributed by atoms with van der Waals surface area (Å²) in [7, 11) is 1.65. The zero-order valence-electron chi connectivity index (χ0n) is 8.40. The van der Waals surface area contributed by atoms with Gasteiger partial charge < -0.3 is 14.7 Å². The van der Waals surface area contributed by atoms with Crippen LogP contribution in [0.2, 0.25) is 0 Å². The lowest BCUT2D eigenvalue weighted by Crippen LogP contribution is -2.30. The molecule has 14 heavy (non-hydrogen) atoms. The van der Waals surface area contributed by atoms with E-state index >= 15 is 0 Å². The Kier molecular flexibility index (Phi) is 4.39. The first-order chi connectivity index (χ1) is 6.74. The van der Waals surface area contributed by atoms with Crippen LogP contribution in [-0.4, -0.2) is 55.2 Å². The van der Waals surface area contributed by atoms with E-state index in [2.05, 4.69) is 4.99 Å². The van der Waals surface area contributed by atoms with Crippen molar-refractivity contribution in [3.8, 4) is 0 Å². The van der Waals surface area contributed by atoms with Crippen molar-refractivity contribution >= 4 is 11.8 Å². The minimum atomic E-state index is -0.761. The third kappa shape index (κ3) is 3.33. The van der Waals surface area contributed by atoms with Crippen LogP contribution in [0.1, 0.15) is 12.8 Å². The van der Waals surface area contributed by atoms with Gasteiger partial charge in [-0.25, -0.2) is 0 Å². The van der Waals surface area contributed by atoms with E-state index in [1.165, 1.54) is 0 Å². The summed E-state index contributed by atoms with van der Waals surface area (Å²) in [6, 6.07) is 0. The van der Waals surface area contributed by atoms with Crippen LogP contribution in [0.3, 0.4) is 0 Å². The molecule has 0 aromatic rings. The number of nitrogens with zero attached hydrogens (tertiary/aromatic N) is 2. The molecule has 0 fully saturated rings. The highest BCUT2D eigenvalue weighted by atomic mass is 16.5. The molecule has 0 aromatic carbocycles. The van der Waals surface area contributed by atoms with Crippen molar-refractivity contribution < 1.29 is 14.6 Å². The molecule has 0 radical (unpaired) electrons. The normalized spacial score (nSPS) is 15.8. The van der Waals surface area contributed by atoms with Crippen LogP contribution in [0.4, 0.5) is 0 Å². The summed E-state index contributed by atoms with van der Waals surface area (Å²) >= 11 is 0. The SMILES string of the molecule is COCCC1=NCCN1CCC(=O)O. The molecule has 0 saturated carbocycles. The van der Waals surface area contributed by atoms with Crippen LogP contribution in [0, 0.1) is 0 Å². The molecule has 0 atom stereocenters. The lowest BCUT2D eigenvalue weighted by molar-refractivity contribution is -0.137. The standard InChI is InChI=1S/C9H16N2O3/c1-14-7-3-8-10-4-6-11(8)5-2-9(12)13/h2-7H2,1H3,(H,12,13). The Morgan fingerprint density at radius 2 is 2.50 bits per heavy atom. The van der Waals surface area contributed by atoms with Crippen molar-refractivity contribution in [2.75, 3.05) is 33.4 Å². The Labute approximate surface area is 83.4 Å². The second kappa shape index (κ2) is 5.59. The quantitative estimate of drug-likeness (QED) is 0.666. The van der Waals surface area contributed by atoms with Crippen molar-refractivity contribution in [2.45, 2.75) is 12.8 Å². The molecule has 1 rings (SSSR count). The lowest BCUT2D eigenvalue weighted by atomic mass is 10.3. The Morgan fingerprint density at radius 3 is 3.14 bits per heavy atom. The van der Waals surface area contributed by atoms with E-state index in [-0.39, 0.29) is 6.42 Å². The van der Waals surface area contributed by atoms with Gasteiger partial charge in [-0.1, -0.05) is 0 Å². The fraction of sp³-hybridized carbons (Fsp3) is 0.778. The van der Waals surface area contributed by atoms with Gasteiger partial charge in [0.25, 0.3) is 0 Å². The van der Waals surface area contributed by atoms with Gasteiger partial charge in [0.2, 0.25) is 0 Å². The van der Waals surface area contributed by atoms with Crippen molar-refractivity contribution in [3.63, 3.8) is 0 Å². The molecule has 80 valence electrons. The number of rotatable bonds is 6. The Bertz CT molecular complexity index is 228. The molecule has 1 aliphatic rings. The number of carboxylic acids is 1. The second-order valence-corrected chi connectivity index (χ2v) is 3.17. The zero-order chi connectivity index (χ0) is 10.4. The van der Waals surface area contributed by atoms with E-state index < -0.39 is 5.97 Å². The lowest BCUT2D eigenvalue weighted by Gasteiger charge is -2.18. The summed E-state index contributed by atoms with van der Waals surface area (Å²) in [5, 5.41) is 8.54. The average Bonchev–Trinajstić information content (AvgIpc) is 2.58. The first-order valence-electron chi connectivity index (χ1n) is 4.73. The van der Waals surface area contributed by atoms with Gasteiger partial charge in [-0.2, -0.15) is 0 Å². The van der Waals surface area contributed by atoms with E-state index in [4.69, 9.17) is 9.84 Å². The number of carbonyl (C=O) groups is 1. The van der Waals surface area contributed by atoms with Gasteiger partial charge in [0.1, 0.15) is 5.84 Å². The van der Waals surface area contributed by atoms with Crippen LogP contribution in [0.5, 0.6) is 0 Å². The fourth-order valence-corrected chi connectivity index (χ4v) is 1.43. The molecule has 0 aliphatic carbocycles. The van der Waals surface area contributed by atoms with Crippen LogP contribution in [0.15, 0.2) is 4.99 Å². The van der Waals surface area contributed by atoms with E-state index in [1.807, 2.05) is 4.90 Å². The van der Waals surface area contributed by atoms with Gasteiger partial charge in [0.15, 0.2) is 0 Å². The van der Waals surface area contributed by atoms with Gasteiger partial charge in [0.05, 0.1) is 19.6 Å². The molecule has 1 heterocycles. The molecule has 0 spiro atoms. The number of hydrogen-bond donors (Lipinski definition) is 1. The monoisotopic (exact) mass is 200 g/mol. The van der Waals surface area contributed by atoms with Gasteiger partial charge in [0, 0.05) is 26.6 Å². The van der Waals surface area contributed by atoms with Crippen LogP contribution >= 0.6 is 0 Å². The Morgan fingerprint density at radius 1 is 1.71 bits per heavy atom. The van der Waals surface area contributed by atoms with Gasteiger partial charge >= 0.3 is 5.97 Å². The first kappa shape index (κ1) is 11.0. The summed E-state index contributed by atoms with van der Waals surface area (Å²) in [5.74, 6) is 0.219. The number of amidine groups is 1. The van der Waals surface area contributed by atoms with Crippen molar-refractivity contribution in [1.29, 1.82) is 0 Å². The number of aliphatic imine (C=N–C) groups is 1. The van der Waals surface area contributed by atoms with Crippen molar-refractivity contribution in [2.24, 2.45) is 4.99 Å². The largest absolute Gasteiger partial charge is 0.481 e. The third-order valence-corrected chi connectivity index (χ3v) is 2.15. The van der Waals surface area contributed by atoms with Gasteiger partial charge in [-0.15, -0.1) is 0 Å². The highest BCUT2D eigenvalue weighted by Crippen LogP contribution is 2.05. The molecule has 1 N–H and O–H groups in total. The van der Waals surface area contributed by atoms with Crippen molar-refractivity contribution in [3.05, 3.63) is 0 Å². The molecule has 5 nitrogen and oxygen atoms in total. The minimum absolute atomic E-state index is 0.173. The fourth-order valence-electron chi connectivity index (χ4n) is 1.43. The summed E-state index contributed by atoms with van der Waals surface area (Å²) in [6.07, 6.45) is 0.947. The summed E-state index contributed by atoms with van der Waals surface area (Å²) in [6.45, 7) is 2.81. The van der Waals surface area contributed by atoms with E-state index in [9.17, 15) is 4.79 Å². The Hall–Kier alpha value is -1.10. The topological polar surface area (TPSA) is 62.1 Å². The smallest absolute Gasteiger partial charge is 0.305 e. The predicted molar refractivity (Wildman–Crippen MR) is 52.6 cm³/mol. The van der Waals surface area contributed by atoms with Gasteiger partial charge in [-0.05, 0) is 0 Å². The maximum atomic E-state index is 10.4. The molecular formula is C9H16N2O3. The molecule has 0 amide bonds.